The molecule has 0 aromatic carbocycles. The van der Waals surface area contributed by atoms with Gasteiger partial charge in [0.2, 0.25) is 0 Å². The number of ether oxygens (including phenoxy) is 1. The molecule has 0 unspecified atom stereocenters. The molecule has 0 radical (unpaired) electrons. The lowest BCUT2D eigenvalue weighted by atomic mass is 10.2. The zero-order valence-electron chi connectivity index (χ0n) is 9.05. The highest BCUT2D eigenvalue weighted by Gasteiger charge is 2.29. The van der Waals surface area contributed by atoms with E-state index in [1.54, 1.807) is 17.9 Å². The van der Waals surface area contributed by atoms with Gasteiger partial charge in [0.05, 0.1) is 25.9 Å². The third kappa shape index (κ3) is 2.07. The number of nitrogens with zero attached hydrogens (tertiary/aromatic N) is 2. The van der Waals surface area contributed by atoms with Gasteiger partial charge in [-0.05, 0) is 6.92 Å². The van der Waals surface area contributed by atoms with Gasteiger partial charge in [0, 0.05) is 12.6 Å². The number of aryl methyl sites for hydroxylation is 1. The Bertz CT molecular complexity index is 377. The minimum Gasteiger partial charge on any atom is -0.394 e. The van der Waals surface area contributed by atoms with Crippen molar-refractivity contribution >= 4 is 5.91 Å². The van der Waals surface area contributed by atoms with Gasteiger partial charge in [-0.2, -0.15) is 0 Å². The van der Waals surface area contributed by atoms with E-state index < -0.39 is 0 Å². The number of hydrogen-bond donors (Lipinski definition) is 1. The molecule has 1 aliphatic heterocycles. The smallest absolute Gasteiger partial charge is 0.276 e. The monoisotopic (exact) mass is 226 g/mol. The van der Waals surface area contributed by atoms with Crippen molar-refractivity contribution in [3.63, 3.8) is 0 Å². The number of aromatic nitrogens is 1. The van der Waals surface area contributed by atoms with Crippen LogP contribution in [0.4, 0.5) is 0 Å². The molecule has 1 aliphatic rings. The topological polar surface area (TPSA) is 75.8 Å². The van der Waals surface area contributed by atoms with Crippen molar-refractivity contribution in [1.29, 1.82) is 0 Å². The van der Waals surface area contributed by atoms with Gasteiger partial charge < -0.3 is 19.3 Å². The maximum atomic E-state index is 12.0. The number of aliphatic hydroxyl groups excluding tert-OH is 1. The molecule has 0 saturated carbocycles. The maximum absolute atomic E-state index is 12.0. The van der Waals surface area contributed by atoms with Crippen LogP contribution in [-0.4, -0.2) is 53.5 Å². The van der Waals surface area contributed by atoms with E-state index in [2.05, 4.69) is 5.16 Å². The van der Waals surface area contributed by atoms with Crippen LogP contribution in [0.5, 0.6) is 0 Å². The molecule has 1 aromatic heterocycles. The van der Waals surface area contributed by atoms with E-state index in [0.717, 1.165) is 0 Å². The SMILES string of the molecule is Cc1cc(C(=O)N2CCOC[C@H]2CO)no1. The molecule has 1 amide bonds. The number of carbonyl (C=O) groups is 1. The number of morpholine rings is 1. The van der Waals surface area contributed by atoms with E-state index in [0.29, 0.717) is 25.5 Å². The Morgan fingerprint density at radius 2 is 2.56 bits per heavy atom. The van der Waals surface area contributed by atoms with Gasteiger partial charge in [0.1, 0.15) is 5.76 Å². The molecule has 1 fully saturated rings. The van der Waals surface area contributed by atoms with Crippen molar-refractivity contribution < 1.29 is 19.2 Å². The van der Waals surface area contributed by atoms with Crippen molar-refractivity contribution in [2.45, 2.75) is 13.0 Å². The quantitative estimate of drug-likeness (QED) is 0.756. The third-order valence-electron chi connectivity index (χ3n) is 2.55. The number of hydrogen-bond acceptors (Lipinski definition) is 5. The Morgan fingerprint density at radius 3 is 3.19 bits per heavy atom. The summed E-state index contributed by atoms with van der Waals surface area (Å²) >= 11 is 0. The fourth-order valence-corrected chi connectivity index (χ4v) is 1.69. The average Bonchev–Trinajstić information content (AvgIpc) is 2.75. The number of amides is 1. The molecular weight excluding hydrogens is 212 g/mol. The van der Waals surface area contributed by atoms with Crippen LogP contribution < -0.4 is 0 Å². The zero-order valence-corrected chi connectivity index (χ0v) is 9.05. The number of carbonyl (C=O) groups excluding carboxylic acids is 1. The fourth-order valence-electron chi connectivity index (χ4n) is 1.69. The molecule has 1 aromatic rings. The highest BCUT2D eigenvalue weighted by atomic mass is 16.5. The summed E-state index contributed by atoms with van der Waals surface area (Å²) in [6.07, 6.45) is 0. The van der Waals surface area contributed by atoms with Gasteiger partial charge in [-0.3, -0.25) is 4.79 Å². The van der Waals surface area contributed by atoms with E-state index in [4.69, 9.17) is 14.4 Å². The Kier molecular flexibility index (Phi) is 3.21. The van der Waals surface area contributed by atoms with Gasteiger partial charge in [-0.1, -0.05) is 5.16 Å². The summed E-state index contributed by atoms with van der Waals surface area (Å²) in [6, 6.07) is 1.30. The summed E-state index contributed by atoms with van der Waals surface area (Å²) in [5.74, 6) is 0.372. The lowest BCUT2D eigenvalue weighted by Crippen LogP contribution is -2.50. The molecule has 16 heavy (non-hydrogen) atoms. The van der Waals surface area contributed by atoms with Crippen LogP contribution in [0.15, 0.2) is 10.6 Å². The molecule has 6 nitrogen and oxygen atoms in total. The van der Waals surface area contributed by atoms with Crippen molar-refractivity contribution in [1.82, 2.24) is 10.1 Å². The van der Waals surface area contributed by atoms with Crippen LogP contribution in [0.25, 0.3) is 0 Å². The minimum atomic E-state index is -0.293. The van der Waals surface area contributed by atoms with Crippen molar-refractivity contribution in [3.8, 4) is 0 Å². The third-order valence-corrected chi connectivity index (χ3v) is 2.55. The van der Waals surface area contributed by atoms with E-state index >= 15 is 0 Å². The van der Waals surface area contributed by atoms with E-state index in [9.17, 15) is 4.79 Å². The van der Waals surface area contributed by atoms with Gasteiger partial charge >= 0.3 is 0 Å². The summed E-state index contributed by atoms with van der Waals surface area (Å²) in [5.41, 5.74) is 0.276. The molecule has 1 N–H and O–H groups in total. The van der Waals surface area contributed by atoms with Crippen LogP contribution in [0, 0.1) is 6.92 Å². The Hall–Kier alpha value is -1.40. The molecule has 0 bridgehead atoms. The molecule has 6 heteroatoms. The van der Waals surface area contributed by atoms with Gasteiger partial charge in [-0.25, -0.2) is 0 Å². The summed E-state index contributed by atoms with van der Waals surface area (Å²) < 4.78 is 10.1. The van der Waals surface area contributed by atoms with Crippen molar-refractivity contribution in [2.75, 3.05) is 26.4 Å². The first-order valence-corrected chi connectivity index (χ1v) is 5.15. The summed E-state index contributed by atoms with van der Waals surface area (Å²) in [7, 11) is 0. The standard InChI is InChI=1S/C10H14N2O4/c1-7-4-9(11-16-7)10(14)12-2-3-15-6-8(12)5-13/h4,8,13H,2-3,5-6H2,1H3/t8-/m1/s1. The van der Waals surface area contributed by atoms with E-state index in [1.165, 1.54) is 0 Å². The van der Waals surface area contributed by atoms with Crippen molar-refractivity contribution in [3.05, 3.63) is 17.5 Å². The van der Waals surface area contributed by atoms with E-state index in [-0.39, 0.29) is 24.2 Å². The molecule has 0 spiro atoms. The second-order valence-electron chi connectivity index (χ2n) is 3.73. The fraction of sp³-hybridized carbons (Fsp3) is 0.600. The average molecular weight is 226 g/mol. The summed E-state index contributed by atoms with van der Waals surface area (Å²) in [6.45, 7) is 2.93. The summed E-state index contributed by atoms with van der Waals surface area (Å²) in [4.78, 5) is 13.6. The first-order chi connectivity index (χ1) is 7.72. The maximum Gasteiger partial charge on any atom is 0.276 e. The summed E-state index contributed by atoms with van der Waals surface area (Å²) in [5, 5.41) is 12.8. The van der Waals surface area contributed by atoms with Crippen LogP contribution in [-0.2, 0) is 4.74 Å². The Labute approximate surface area is 92.8 Å². The molecule has 88 valence electrons. The van der Waals surface area contributed by atoms with Gasteiger partial charge in [0.25, 0.3) is 5.91 Å². The van der Waals surface area contributed by atoms with Crippen LogP contribution in [0.2, 0.25) is 0 Å². The second kappa shape index (κ2) is 4.63. The Morgan fingerprint density at radius 1 is 1.75 bits per heavy atom. The lowest BCUT2D eigenvalue weighted by molar-refractivity contribution is -0.0188. The number of rotatable bonds is 2. The van der Waals surface area contributed by atoms with E-state index in [1.807, 2.05) is 0 Å². The second-order valence-corrected chi connectivity index (χ2v) is 3.73. The van der Waals surface area contributed by atoms with Crippen LogP contribution in [0.1, 0.15) is 16.2 Å². The highest BCUT2D eigenvalue weighted by molar-refractivity contribution is 5.92. The highest BCUT2D eigenvalue weighted by Crippen LogP contribution is 2.12. The first kappa shape index (κ1) is 11.1. The molecule has 1 atom stereocenters. The molecule has 1 saturated heterocycles. The normalized spacial score (nSPS) is 21.1. The minimum absolute atomic E-state index is 0.109. The Balaban J connectivity index is 2.13. The molecule has 2 rings (SSSR count). The molecule has 2 heterocycles. The van der Waals surface area contributed by atoms with Crippen LogP contribution >= 0.6 is 0 Å². The molecule has 0 aliphatic carbocycles. The lowest BCUT2D eigenvalue weighted by Gasteiger charge is -2.33. The molecular formula is C10H14N2O4. The van der Waals surface area contributed by atoms with Crippen LogP contribution in [0.3, 0.4) is 0 Å². The largest absolute Gasteiger partial charge is 0.394 e. The van der Waals surface area contributed by atoms with Gasteiger partial charge in [-0.15, -0.1) is 0 Å². The van der Waals surface area contributed by atoms with Crippen molar-refractivity contribution in [2.24, 2.45) is 0 Å². The van der Waals surface area contributed by atoms with Gasteiger partial charge in [0.15, 0.2) is 5.69 Å². The first-order valence-electron chi connectivity index (χ1n) is 5.15. The number of aliphatic hydroxyl groups is 1. The zero-order chi connectivity index (χ0) is 11.5. The predicted molar refractivity (Wildman–Crippen MR) is 54.0 cm³/mol. The predicted octanol–water partition coefficient (Wildman–Crippen LogP) is -0.184.